The molecule has 0 aliphatic carbocycles. The van der Waals surface area contributed by atoms with Crippen molar-refractivity contribution in [3.8, 4) is 11.1 Å². The molecule has 7 nitrogen and oxygen atoms in total. The average molecular weight is 943 g/mol. The summed E-state index contributed by atoms with van der Waals surface area (Å²) in [6.07, 6.45) is 4.13. The van der Waals surface area contributed by atoms with Gasteiger partial charge < -0.3 is 14.7 Å². The molecule has 0 radical (unpaired) electrons. The number of H-pyrrole nitrogens is 2. The number of ether oxygens (including phenoxy) is 1. The second-order valence-corrected chi connectivity index (χ2v) is 22.3. The van der Waals surface area contributed by atoms with Crippen LogP contribution in [0.1, 0.15) is 135 Å². The number of esters is 1. The Kier molecular flexibility index (Phi) is 10.9. The van der Waals surface area contributed by atoms with E-state index < -0.39 is 5.97 Å². The number of fused-ring (bicyclic) bond motifs is 9. The predicted octanol–water partition coefficient (Wildman–Crippen LogP) is 13.8. The molecule has 2 N–H and O–H groups in total. The lowest BCUT2D eigenvalue weighted by atomic mass is 9.83. The Morgan fingerprint density at radius 1 is 0.528 bits per heavy atom. The first kappa shape index (κ1) is 46.2. The van der Waals surface area contributed by atoms with Crippen molar-refractivity contribution in [1.29, 1.82) is 0 Å². The first-order valence-electron chi connectivity index (χ1n) is 24.8. The zero-order chi connectivity index (χ0) is 50.4. The van der Waals surface area contributed by atoms with Crippen LogP contribution in [0, 0.1) is 10.6 Å². The molecule has 2 aromatic heterocycles. The number of allylic oxidation sites excluding steroid dienone is 2. The van der Waals surface area contributed by atoms with Gasteiger partial charge in [0, 0.05) is 38.2 Å². The van der Waals surface area contributed by atoms with Gasteiger partial charge in [0.25, 0.3) is 0 Å². The van der Waals surface area contributed by atoms with Crippen LogP contribution in [0.4, 0.5) is 0 Å². The van der Waals surface area contributed by atoms with E-state index in [9.17, 15) is 9.59 Å². The number of nitrogens with zero attached hydrogens (tertiary/aromatic N) is 2. The van der Waals surface area contributed by atoms with Crippen LogP contribution < -0.4 is 10.7 Å². The predicted molar refractivity (Wildman–Crippen MR) is 292 cm³/mol. The Labute approximate surface area is 420 Å². The number of aromatic amines is 2. The molecule has 7 heteroatoms. The molecule has 0 unspecified atom stereocenters. The Hall–Kier alpha value is -8.16. The summed E-state index contributed by atoms with van der Waals surface area (Å²) in [5.74, 6) is -0.375. The number of Topliss-reactive ketones (excluding diaryl/α,β-unsaturated/α-hetero) is 1. The van der Waals surface area contributed by atoms with Crippen molar-refractivity contribution in [3.05, 3.63) is 241 Å². The largest absolute Gasteiger partial charge is 0.420 e. The zero-order valence-corrected chi connectivity index (χ0v) is 42.6. The number of aromatic nitrogens is 2. The molecule has 0 atom stereocenters. The minimum atomic E-state index is -0.526. The standard InChI is InChI=1S/C65H58N4O3/c1-37(70)46-36-52-59-61(72-62(71)41-19-15-12-16-20-41)57-53(38-17-13-11-14-18-38)47-35-44(65(8,9)10)29-30-45(47)56(60(57)69-59)51-34-32-49(67-51)54(39-21-25-42(26-22-39)63(2,3)4)48-31-33-50(66-48)55(58(46)68-52)40-23-27-43(28-24-40)64(5,6)7/h11-36,67-68H,1-10H3. The van der Waals surface area contributed by atoms with Gasteiger partial charge in [0.2, 0.25) is 0 Å². The van der Waals surface area contributed by atoms with E-state index in [0.29, 0.717) is 50.6 Å². The Bertz CT molecular complexity index is 3940. The fourth-order valence-electron chi connectivity index (χ4n) is 10.3. The molecule has 6 aromatic carbocycles. The first-order chi connectivity index (χ1) is 34.3. The molecule has 0 spiro atoms. The van der Waals surface area contributed by atoms with Gasteiger partial charge in [-0.1, -0.05) is 172 Å². The van der Waals surface area contributed by atoms with Gasteiger partial charge in [-0.2, -0.15) is 0 Å². The topological polar surface area (TPSA) is 99.7 Å². The van der Waals surface area contributed by atoms with E-state index in [1.165, 1.54) is 11.1 Å². The summed E-state index contributed by atoms with van der Waals surface area (Å²) in [6.45, 7) is 21.5. The van der Waals surface area contributed by atoms with E-state index >= 15 is 0 Å². The third kappa shape index (κ3) is 8.03. The third-order valence-electron chi connectivity index (χ3n) is 14.2. The molecule has 0 fully saturated rings. The van der Waals surface area contributed by atoms with E-state index in [1.807, 2.05) is 48.5 Å². The molecular formula is C65H58N4O3. The molecule has 8 aromatic rings. The van der Waals surface area contributed by atoms with Crippen LogP contribution in [-0.4, -0.2) is 27.4 Å². The van der Waals surface area contributed by atoms with E-state index in [1.54, 1.807) is 19.1 Å². The minimum Gasteiger partial charge on any atom is -0.420 e. The molecule has 0 amide bonds. The number of carbonyl (C=O) groups excluding carboxylic acids is 2. The third-order valence-corrected chi connectivity index (χ3v) is 14.2. The molecule has 5 heterocycles. The summed E-state index contributed by atoms with van der Waals surface area (Å²) >= 11 is 0. The lowest BCUT2D eigenvalue weighted by molar-refractivity contribution is 0.0693. The molecule has 356 valence electrons. The maximum atomic E-state index is 14.6. The van der Waals surface area contributed by atoms with Crippen molar-refractivity contribution < 1.29 is 14.3 Å². The number of benzene rings is 6. The Morgan fingerprint density at radius 3 is 1.72 bits per heavy atom. The van der Waals surface area contributed by atoms with Gasteiger partial charge in [-0.05, 0) is 116 Å². The van der Waals surface area contributed by atoms with E-state index in [4.69, 9.17) is 14.7 Å². The van der Waals surface area contributed by atoms with Crippen LogP contribution in [0.5, 0.6) is 0 Å². The highest BCUT2D eigenvalue weighted by molar-refractivity contribution is 6.30. The van der Waals surface area contributed by atoms with Crippen LogP contribution in [0.2, 0.25) is 0 Å². The van der Waals surface area contributed by atoms with Crippen molar-refractivity contribution in [1.82, 2.24) is 9.97 Å². The van der Waals surface area contributed by atoms with E-state index in [0.717, 1.165) is 71.4 Å². The number of ketones is 1. The van der Waals surface area contributed by atoms with Crippen LogP contribution in [0.15, 0.2) is 173 Å². The van der Waals surface area contributed by atoms with Crippen LogP contribution in [0.3, 0.4) is 0 Å². The summed E-state index contributed by atoms with van der Waals surface area (Å²) in [4.78, 5) is 47.6. The van der Waals surface area contributed by atoms with Gasteiger partial charge in [-0.25, -0.2) is 14.8 Å². The SMILES string of the molecule is CC(=O)c1cc2[nH]c1C(c1ccc(C(C)(C)C)cc1)=C1C=CC(=N1)C(c1ccc(C(C)(C)C)cc1)=c1ccc([nH]1)=c1c3c(c(-c4ccccc4)c4cc(C(C)(C)C)ccc14)C(OC(=O)c1ccccc1)=C2N=3. The first-order valence-corrected chi connectivity index (χ1v) is 24.8. The highest BCUT2D eigenvalue weighted by Crippen LogP contribution is 2.44. The second kappa shape index (κ2) is 17.0. The summed E-state index contributed by atoms with van der Waals surface area (Å²) in [5, 5.41) is 5.17. The van der Waals surface area contributed by atoms with Crippen molar-refractivity contribution in [2.45, 2.75) is 85.5 Å². The number of aliphatic imine (C=N–C) groups is 1. The summed E-state index contributed by atoms with van der Waals surface area (Å²) in [5.41, 5.74) is 13.2. The van der Waals surface area contributed by atoms with Gasteiger partial charge in [-0.15, -0.1) is 0 Å². The van der Waals surface area contributed by atoms with Crippen molar-refractivity contribution in [2.75, 3.05) is 0 Å². The maximum Gasteiger partial charge on any atom is 0.343 e. The number of rotatable bonds is 6. The van der Waals surface area contributed by atoms with E-state index in [2.05, 4.69) is 169 Å². The summed E-state index contributed by atoms with van der Waals surface area (Å²) in [7, 11) is 0. The quantitative estimate of drug-likeness (QED) is 0.128. The zero-order valence-electron chi connectivity index (χ0n) is 42.6. The molecule has 3 aliphatic heterocycles. The monoisotopic (exact) mass is 942 g/mol. The summed E-state index contributed by atoms with van der Waals surface area (Å²) < 4.78 is 6.79. The van der Waals surface area contributed by atoms with Crippen LogP contribution in [0.25, 0.3) is 44.5 Å². The molecule has 0 saturated carbocycles. The number of nitrogens with one attached hydrogen (secondary N) is 2. The molecule has 72 heavy (non-hydrogen) atoms. The molecule has 8 bridgehead atoms. The smallest absolute Gasteiger partial charge is 0.343 e. The molecule has 11 rings (SSSR count). The highest BCUT2D eigenvalue weighted by atomic mass is 16.5. The second-order valence-electron chi connectivity index (χ2n) is 22.3. The fourth-order valence-corrected chi connectivity index (χ4v) is 10.3. The Balaban J connectivity index is 1.35. The fraction of sp³-hybridized carbons (Fsp3) is 0.200. The van der Waals surface area contributed by atoms with Crippen molar-refractivity contribution in [3.63, 3.8) is 0 Å². The number of hydrogen-bond donors (Lipinski definition) is 2. The highest BCUT2D eigenvalue weighted by Gasteiger charge is 2.33. The van der Waals surface area contributed by atoms with Gasteiger partial charge in [0.1, 0.15) is 5.70 Å². The van der Waals surface area contributed by atoms with Crippen molar-refractivity contribution in [2.24, 2.45) is 9.98 Å². The number of hydrogen-bond acceptors (Lipinski definition) is 5. The number of carbonyl (C=O) groups is 2. The normalized spacial score (nSPS) is 14.4. The van der Waals surface area contributed by atoms with Gasteiger partial charge >= 0.3 is 5.97 Å². The lowest BCUT2D eigenvalue weighted by Gasteiger charge is -2.21. The summed E-state index contributed by atoms with van der Waals surface area (Å²) in [6, 6.07) is 49.5. The Morgan fingerprint density at radius 2 is 1.11 bits per heavy atom. The van der Waals surface area contributed by atoms with E-state index in [-0.39, 0.29) is 22.0 Å². The lowest BCUT2D eigenvalue weighted by Crippen LogP contribution is -2.17. The van der Waals surface area contributed by atoms with Crippen LogP contribution in [-0.2, 0) is 21.0 Å². The molecular weight excluding hydrogens is 885 g/mol. The van der Waals surface area contributed by atoms with Gasteiger partial charge in [0.15, 0.2) is 11.5 Å². The minimum absolute atomic E-state index is 0.0448. The molecule has 3 aliphatic rings. The maximum absolute atomic E-state index is 14.6. The average Bonchev–Trinajstić information content (AvgIpc) is 4.19. The van der Waals surface area contributed by atoms with Gasteiger partial charge in [-0.3, -0.25) is 4.79 Å². The van der Waals surface area contributed by atoms with Crippen molar-refractivity contribution >= 4 is 50.8 Å². The van der Waals surface area contributed by atoms with Crippen LogP contribution >= 0.6 is 0 Å². The van der Waals surface area contributed by atoms with Gasteiger partial charge in [0.05, 0.1) is 39.3 Å². The molecule has 0 saturated heterocycles.